The molecular weight excluding hydrogens is 414 g/mol. The van der Waals surface area contributed by atoms with E-state index >= 15 is 0 Å². The molecule has 1 fully saturated rings. The normalized spacial score (nSPS) is 16.8. The summed E-state index contributed by atoms with van der Waals surface area (Å²) in [5.41, 5.74) is 3.43. The molecule has 0 unspecified atom stereocenters. The highest BCUT2D eigenvalue weighted by atomic mass is 16.5. The third kappa shape index (κ3) is 5.25. The quantitative estimate of drug-likeness (QED) is 0.557. The molecule has 1 aromatic carbocycles. The van der Waals surface area contributed by atoms with Crippen LogP contribution >= 0.6 is 0 Å². The lowest BCUT2D eigenvalue weighted by molar-refractivity contribution is -0.116. The van der Waals surface area contributed by atoms with E-state index in [-0.39, 0.29) is 5.91 Å². The SMILES string of the molecule is O=C1CCc2ccc(OCCCCN3CCCN(c4cccc5cccnc45)CC3)nc2N1. The summed E-state index contributed by atoms with van der Waals surface area (Å²) in [5, 5.41) is 4.03. The highest BCUT2D eigenvalue weighted by molar-refractivity contribution is 5.92. The zero-order valence-electron chi connectivity index (χ0n) is 19.0. The molecule has 0 spiro atoms. The number of anilines is 2. The molecule has 5 rings (SSSR count). The van der Waals surface area contributed by atoms with Gasteiger partial charge in [0, 0.05) is 43.7 Å². The standard InChI is InChI=1S/C26H31N5O2/c32-23-11-9-21-10-12-24(29-26(21)28-23)33-19-2-1-14-30-15-5-16-31(18-17-30)22-8-3-6-20-7-4-13-27-25(20)22/h3-4,6-8,10,12-13H,1-2,5,9,11,14-19H2,(H,28,29,32). The largest absolute Gasteiger partial charge is 0.478 e. The van der Waals surface area contributed by atoms with Crippen LogP contribution in [0.5, 0.6) is 5.88 Å². The molecule has 7 nitrogen and oxygen atoms in total. The van der Waals surface area contributed by atoms with Crippen LogP contribution in [-0.2, 0) is 11.2 Å². The number of rotatable bonds is 7. The number of hydrogen-bond donors (Lipinski definition) is 1. The van der Waals surface area contributed by atoms with Crippen LogP contribution in [0.1, 0.15) is 31.2 Å². The average molecular weight is 446 g/mol. The molecular formula is C26H31N5O2. The van der Waals surface area contributed by atoms with Crippen molar-refractivity contribution in [2.24, 2.45) is 0 Å². The fraction of sp³-hybridized carbons (Fsp3) is 0.423. The summed E-state index contributed by atoms with van der Waals surface area (Å²) in [6.07, 6.45) is 6.40. The maximum Gasteiger partial charge on any atom is 0.225 e. The van der Waals surface area contributed by atoms with Crippen LogP contribution in [-0.4, -0.2) is 60.1 Å². The van der Waals surface area contributed by atoms with Gasteiger partial charge in [0.25, 0.3) is 0 Å². The van der Waals surface area contributed by atoms with Gasteiger partial charge in [-0.3, -0.25) is 9.78 Å². The van der Waals surface area contributed by atoms with Crippen molar-refractivity contribution in [3.8, 4) is 5.88 Å². The van der Waals surface area contributed by atoms with Crippen LogP contribution in [0.2, 0.25) is 0 Å². The van der Waals surface area contributed by atoms with Gasteiger partial charge in [-0.2, -0.15) is 4.98 Å². The molecule has 1 N–H and O–H groups in total. The summed E-state index contributed by atoms with van der Waals surface area (Å²) in [6, 6.07) is 14.5. The van der Waals surface area contributed by atoms with E-state index in [1.165, 1.54) is 11.1 Å². The predicted molar refractivity (Wildman–Crippen MR) is 131 cm³/mol. The van der Waals surface area contributed by atoms with Crippen molar-refractivity contribution >= 4 is 28.3 Å². The lowest BCUT2D eigenvalue weighted by atomic mass is 10.1. The number of carbonyl (C=O) groups is 1. The summed E-state index contributed by atoms with van der Waals surface area (Å²) >= 11 is 0. The van der Waals surface area contributed by atoms with Crippen LogP contribution in [0.4, 0.5) is 11.5 Å². The van der Waals surface area contributed by atoms with Gasteiger partial charge < -0.3 is 19.9 Å². The van der Waals surface area contributed by atoms with Crippen molar-refractivity contribution in [3.63, 3.8) is 0 Å². The molecule has 33 heavy (non-hydrogen) atoms. The van der Waals surface area contributed by atoms with Crippen molar-refractivity contribution < 1.29 is 9.53 Å². The molecule has 2 aliphatic heterocycles. The minimum Gasteiger partial charge on any atom is -0.478 e. The van der Waals surface area contributed by atoms with Gasteiger partial charge in [0.2, 0.25) is 11.8 Å². The first-order valence-corrected chi connectivity index (χ1v) is 12.0. The molecule has 172 valence electrons. The van der Waals surface area contributed by atoms with E-state index < -0.39 is 0 Å². The Labute approximate surface area is 194 Å². The maximum absolute atomic E-state index is 11.6. The number of aryl methyl sites for hydroxylation is 1. The highest BCUT2D eigenvalue weighted by Crippen LogP contribution is 2.26. The summed E-state index contributed by atoms with van der Waals surface area (Å²) < 4.78 is 5.84. The second-order valence-corrected chi connectivity index (χ2v) is 8.80. The Morgan fingerprint density at radius 1 is 0.970 bits per heavy atom. The number of fused-ring (bicyclic) bond motifs is 2. The molecule has 2 aliphatic rings. The number of nitrogens with zero attached hydrogens (tertiary/aromatic N) is 4. The molecule has 0 aliphatic carbocycles. The fourth-order valence-corrected chi connectivity index (χ4v) is 4.70. The van der Waals surface area contributed by atoms with Crippen molar-refractivity contribution in [1.82, 2.24) is 14.9 Å². The molecule has 7 heteroatoms. The molecule has 0 radical (unpaired) electrons. The molecule has 1 amide bonds. The molecule has 0 atom stereocenters. The van der Waals surface area contributed by atoms with E-state index in [0.29, 0.717) is 24.7 Å². The molecule has 0 saturated carbocycles. The van der Waals surface area contributed by atoms with Crippen LogP contribution in [0.3, 0.4) is 0 Å². The van der Waals surface area contributed by atoms with Crippen molar-refractivity contribution in [2.75, 3.05) is 49.5 Å². The monoisotopic (exact) mass is 445 g/mol. The number of ether oxygens (including phenoxy) is 1. The van der Waals surface area contributed by atoms with Gasteiger partial charge in [-0.25, -0.2) is 0 Å². The first kappa shape index (κ1) is 21.6. The van der Waals surface area contributed by atoms with Crippen LogP contribution in [0.15, 0.2) is 48.7 Å². The van der Waals surface area contributed by atoms with Gasteiger partial charge in [-0.05, 0) is 62.5 Å². The minimum atomic E-state index is 0.0277. The van der Waals surface area contributed by atoms with Gasteiger partial charge >= 0.3 is 0 Å². The number of hydrogen-bond acceptors (Lipinski definition) is 6. The number of carbonyl (C=O) groups excluding carboxylic acids is 1. The van der Waals surface area contributed by atoms with Crippen molar-refractivity contribution in [1.29, 1.82) is 0 Å². The Kier molecular flexibility index (Phi) is 6.67. The van der Waals surface area contributed by atoms with Gasteiger partial charge in [0.15, 0.2) is 0 Å². The molecule has 4 heterocycles. The van der Waals surface area contributed by atoms with E-state index in [4.69, 9.17) is 4.74 Å². The van der Waals surface area contributed by atoms with Crippen LogP contribution in [0.25, 0.3) is 10.9 Å². The maximum atomic E-state index is 11.6. The lowest BCUT2D eigenvalue weighted by Gasteiger charge is -2.24. The van der Waals surface area contributed by atoms with Crippen LogP contribution in [0, 0.1) is 0 Å². The Morgan fingerprint density at radius 3 is 2.88 bits per heavy atom. The van der Waals surface area contributed by atoms with Gasteiger partial charge in [0.05, 0.1) is 17.8 Å². The van der Waals surface area contributed by atoms with Gasteiger partial charge in [-0.15, -0.1) is 0 Å². The molecule has 2 aromatic heterocycles. The number of unbranched alkanes of at least 4 members (excludes halogenated alkanes) is 1. The summed E-state index contributed by atoms with van der Waals surface area (Å²) in [7, 11) is 0. The predicted octanol–water partition coefficient (Wildman–Crippen LogP) is 3.89. The zero-order valence-corrected chi connectivity index (χ0v) is 19.0. The zero-order chi connectivity index (χ0) is 22.5. The second-order valence-electron chi connectivity index (χ2n) is 8.80. The van der Waals surface area contributed by atoms with E-state index in [1.54, 1.807) is 0 Å². The average Bonchev–Trinajstić information content (AvgIpc) is 3.09. The van der Waals surface area contributed by atoms with E-state index in [2.05, 4.69) is 49.4 Å². The summed E-state index contributed by atoms with van der Waals surface area (Å²) in [4.78, 5) is 25.7. The van der Waals surface area contributed by atoms with E-state index in [0.717, 1.165) is 69.5 Å². The van der Waals surface area contributed by atoms with Gasteiger partial charge in [0.1, 0.15) is 5.82 Å². The highest BCUT2D eigenvalue weighted by Gasteiger charge is 2.18. The first-order chi connectivity index (χ1) is 16.3. The number of aromatic nitrogens is 2. The Balaban J connectivity index is 1.07. The van der Waals surface area contributed by atoms with E-state index in [9.17, 15) is 4.79 Å². The van der Waals surface area contributed by atoms with Crippen LogP contribution < -0.4 is 15.0 Å². The molecule has 1 saturated heterocycles. The Hall–Kier alpha value is -3.19. The Morgan fingerprint density at radius 2 is 1.91 bits per heavy atom. The fourth-order valence-electron chi connectivity index (χ4n) is 4.70. The topological polar surface area (TPSA) is 70.6 Å². The number of nitrogens with one attached hydrogen (secondary N) is 1. The number of benzene rings is 1. The third-order valence-corrected chi connectivity index (χ3v) is 6.49. The van der Waals surface area contributed by atoms with Gasteiger partial charge in [-0.1, -0.05) is 18.2 Å². The smallest absolute Gasteiger partial charge is 0.225 e. The third-order valence-electron chi connectivity index (χ3n) is 6.49. The minimum absolute atomic E-state index is 0.0277. The number of amides is 1. The van der Waals surface area contributed by atoms with Crippen molar-refractivity contribution in [2.45, 2.75) is 32.1 Å². The molecule has 0 bridgehead atoms. The first-order valence-electron chi connectivity index (χ1n) is 12.0. The summed E-state index contributed by atoms with van der Waals surface area (Å²) in [6.45, 7) is 6.00. The summed E-state index contributed by atoms with van der Waals surface area (Å²) in [5.74, 6) is 1.27. The molecule has 3 aromatic rings. The Bertz CT molecular complexity index is 1110. The lowest BCUT2D eigenvalue weighted by Crippen LogP contribution is -2.31. The van der Waals surface area contributed by atoms with E-state index in [1.807, 2.05) is 24.4 Å². The number of para-hydroxylation sites is 1. The second kappa shape index (κ2) is 10.2. The number of pyridine rings is 2. The van der Waals surface area contributed by atoms with Crippen molar-refractivity contribution in [3.05, 3.63) is 54.2 Å².